The molecule has 2 atom stereocenters. The van der Waals surface area contributed by atoms with E-state index in [1.807, 2.05) is 13.1 Å². The number of aliphatic hydroxyl groups is 1. The first-order valence-corrected chi connectivity index (χ1v) is 9.18. The smallest absolute Gasteiger partial charge is 0.222 e. The second-order valence-corrected chi connectivity index (χ2v) is 7.35. The number of H-pyrrole nitrogens is 1. The van der Waals surface area contributed by atoms with Gasteiger partial charge >= 0.3 is 0 Å². The van der Waals surface area contributed by atoms with Gasteiger partial charge in [0.2, 0.25) is 5.91 Å². The van der Waals surface area contributed by atoms with Gasteiger partial charge in [-0.05, 0) is 31.3 Å². The average Bonchev–Trinajstić information content (AvgIpc) is 3.28. The van der Waals surface area contributed by atoms with E-state index in [9.17, 15) is 9.90 Å². The van der Waals surface area contributed by atoms with Crippen molar-refractivity contribution in [2.75, 3.05) is 20.1 Å². The molecule has 3 heterocycles. The number of carbonyl (C=O) groups is 1. The summed E-state index contributed by atoms with van der Waals surface area (Å²) in [6.45, 7) is 1.64. The van der Waals surface area contributed by atoms with E-state index in [2.05, 4.69) is 26.3 Å². The fourth-order valence-electron chi connectivity index (χ4n) is 3.17. The number of aliphatic hydroxyl groups excluding tert-OH is 1. The van der Waals surface area contributed by atoms with Gasteiger partial charge in [0.1, 0.15) is 5.82 Å². The number of rotatable bonds is 7. The third-order valence-corrected chi connectivity index (χ3v) is 5.46. The number of likely N-dealkylation sites (N-methyl/N-ethyl adjacent to an activating group) is 1. The Labute approximate surface area is 146 Å². The van der Waals surface area contributed by atoms with Crippen molar-refractivity contribution in [3.63, 3.8) is 0 Å². The molecule has 7 heteroatoms. The van der Waals surface area contributed by atoms with Gasteiger partial charge in [0.05, 0.1) is 18.7 Å². The zero-order valence-corrected chi connectivity index (χ0v) is 14.7. The highest BCUT2D eigenvalue weighted by molar-refractivity contribution is 7.09. The molecule has 24 heavy (non-hydrogen) atoms. The summed E-state index contributed by atoms with van der Waals surface area (Å²) >= 11 is 1.73. The minimum atomic E-state index is -0.508. The van der Waals surface area contributed by atoms with Gasteiger partial charge < -0.3 is 15.0 Å². The summed E-state index contributed by atoms with van der Waals surface area (Å²) in [7, 11) is 1.96. The number of aromatic amines is 1. The predicted molar refractivity (Wildman–Crippen MR) is 93.7 cm³/mol. The van der Waals surface area contributed by atoms with Crippen molar-refractivity contribution in [2.24, 2.45) is 0 Å². The molecule has 2 aromatic heterocycles. The number of aromatic nitrogens is 2. The standard InChI is InChI=1S/C17H24N4O2S/c1-20(12-16-18-7-8-19-16)14-10-21(11-15(14)22)17(23)6-2-4-13-5-3-9-24-13/h3,5,7-9,14-15,22H,2,4,6,10-12H2,1H3,(H,18,19)/t14-,15-/m0/s1. The molecule has 0 spiro atoms. The first-order chi connectivity index (χ1) is 11.6. The molecular weight excluding hydrogens is 324 g/mol. The third-order valence-electron chi connectivity index (χ3n) is 4.53. The molecule has 0 bridgehead atoms. The molecule has 3 rings (SSSR count). The van der Waals surface area contributed by atoms with Crippen LogP contribution in [0.15, 0.2) is 29.9 Å². The highest BCUT2D eigenvalue weighted by Crippen LogP contribution is 2.19. The van der Waals surface area contributed by atoms with Crippen LogP contribution < -0.4 is 0 Å². The number of nitrogens with zero attached hydrogens (tertiary/aromatic N) is 3. The van der Waals surface area contributed by atoms with Gasteiger partial charge in [-0.2, -0.15) is 0 Å². The van der Waals surface area contributed by atoms with Crippen molar-refractivity contribution in [3.8, 4) is 0 Å². The van der Waals surface area contributed by atoms with E-state index in [0.717, 1.165) is 18.7 Å². The van der Waals surface area contributed by atoms with E-state index < -0.39 is 6.10 Å². The molecule has 0 unspecified atom stereocenters. The lowest BCUT2D eigenvalue weighted by molar-refractivity contribution is -0.130. The summed E-state index contributed by atoms with van der Waals surface area (Å²) in [6, 6.07) is 4.10. The van der Waals surface area contributed by atoms with Crippen LogP contribution in [0, 0.1) is 0 Å². The van der Waals surface area contributed by atoms with Crippen LogP contribution in [0.25, 0.3) is 0 Å². The molecule has 0 aromatic carbocycles. The third kappa shape index (κ3) is 4.23. The van der Waals surface area contributed by atoms with Crippen LogP contribution in [-0.2, 0) is 17.8 Å². The van der Waals surface area contributed by atoms with E-state index in [-0.39, 0.29) is 11.9 Å². The first kappa shape index (κ1) is 17.1. The topological polar surface area (TPSA) is 72.5 Å². The van der Waals surface area contributed by atoms with E-state index >= 15 is 0 Å². The Morgan fingerprint density at radius 3 is 3.12 bits per heavy atom. The molecule has 1 aliphatic rings. The fraction of sp³-hybridized carbons (Fsp3) is 0.529. The van der Waals surface area contributed by atoms with Crippen LogP contribution >= 0.6 is 11.3 Å². The minimum Gasteiger partial charge on any atom is -0.390 e. The molecule has 1 amide bonds. The Morgan fingerprint density at radius 1 is 1.54 bits per heavy atom. The maximum Gasteiger partial charge on any atom is 0.222 e. The number of thiophene rings is 1. The Hall–Kier alpha value is -1.70. The fourth-order valence-corrected chi connectivity index (χ4v) is 3.92. The van der Waals surface area contributed by atoms with E-state index in [1.165, 1.54) is 4.88 Å². The molecule has 1 aliphatic heterocycles. The largest absolute Gasteiger partial charge is 0.390 e. The number of hydrogen-bond donors (Lipinski definition) is 2. The molecule has 130 valence electrons. The highest BCUT2D eigenvalue weighted by Gasteiger charge is 2.36. The van der Waals surface area contributed by atoms with Gasteiger partial charge in [0.25, 0.3) is 0 Å². The Balaban J connectivity index is 1.46. The van der Waals surface area contributed by atoms with Gasteiger partial charge in [-0.1, -0.05) is 6.07 Å². The lowest BCUT2D eigenvalue weighted by Crippen LogP contribution is -2.40. The second-order valence-electron chi connectivity index (χ2n) is 6.32. The minimum absolute atomic E-state index is 0.0451. The zero-order chi connectivity index (χ0) is 16.9. The van der Waals surface area contributed by atoms with E-state index in [4.69, 9.17) is 0 Å². The maximum atomic E-state index is 12.4. The van der Waals surface area contributed by atoms with Crippen molar-refractivity contribution in [1.82, 2.24) is 19.8 Å². The summed E-state index contributed by atoms with van der Waals surface area (Å²) in [4.78, 5) is 24.8. The number of hydrogen-bond acceptors (Lipinski definition) is 5. The van der Waals surface area contributed by atoms with Crippen molar-refractivity contribution in [2.45, 2.75) is 38.0 Å². The molecule has 0 aliphatic carbocycles. The van der Waals surface area contributed by atoms with Crippen LogP contribution in [-0.4, -0.2) is 63.1 Å². The summed E-state index contributed by atoms with van der Waals surface area (Å²) < 4.78 is 0. The number of carbonyl (C=O) groups excluding carboxylic acids is 1. The van der Waals surface area contributed by atoms with Crippen LogP contribution in [0.3, 0.4) is 0 Å². The molecule has 6 nitrogen and oxygen atoms in total. The molecule has 2 N–H and O–H groups in total. The Morgan fingerprint density at radius 2 is 2.42 bits per heavy atom. The number of amides is 1. The second kappa shape index (κ2) is 7.92. The molecule has 0 radical (unpaired) electrons. The summed E-state index contributed by atoms with van der Waals surface area (Å²) in [6.07, 6.45) is 5.35. The molecule has 0 saturated carbocycles. The number of aryl methyl sites for hydroxylation is 1. The molecule has 2 aromatic rings. The van der Waals surface area contributed by atoms with Crippen LogP contribution in [0.1, 0.15) is 23.5 Å². The lowest BCUT2D eigenvalue weighted by Gasteiger charge is -2.25. The highest BCUT2D eigenvalue weighted by atomic mass is 32.1. The number of β-amino-alcohol motifs (C(OH)–C–C–N with tert-alkyl or cyclic N) is 1. The lowest BCUT2D eigenvalue weighted by atomic mass is 10.2. The quantitative estimate of drug-likeness (QED) is 0.795. The summed E-state index contributed by atoms with van der Waals surface area (Å²) in [5, 5.41) is 12.4. The Kier molecular flexibility index (Phi) is 5.65. The normalized spacial score (nSPS) is 20.9. The van der Waals surface area contributed by atoms with Crippen LogP contribution in [0.2, 0.25) is 0 Å². The van der Waals surface area contributed by atoms with Crippen molar-refractivity contribution in [3.05, 3.63) is 40.6 Å². The van der Waals surface area contributed by atoms with Gasteiger partial charge in [-0.15, -0.1) is 11.3 Å². The van der Waals surface area contributed by atoms with Crippen molar-refractivity contribution < 1.29 is 9.90 Å². The van der Waals surface area contributed by atoms with E-state index in [1.54, 1.807) is 28.6 Å². The SMILES string of the molecule is CN(Cc1ncc[nH]1)[C@H]1CN(C(=O)CCCc2cccs2)C[C@@H]1O. The monoisotopic (exact) mass is 348 g/mol. The van der Waals surface area contributed by atoms with Crippen LogP contribution in [0.5, 0.6) is 0 Å². The maximum absolute atomic E-state index is 12.4. The first-order valence-electron chi connectivity index (χ1n) is 8.30. The molecule has 1 fully saturated rings. The van der Waals surface area contributed by atoms with Crippen molar-refractivity contribution >= 4 is 17.2 Å². The Bertz CT molecular complexity index is 629. The predicted octanol–water partition coefficient (Wildman–Crippen LogP) is 1.50. The number of likely N-dealkylation sites (tertiary alicyclic amines) is 1. The van der Waals surface area contributed by atoms with Gasteiger partial charge in [0, 0.05) is 36.8 Å². The van der Waals surface area contributed by atoms with Crippen LogP contribution in [0.4, 0.5) is 0 Å². The van der Waals surface area contributed by atoms with Gasteiger partial charge in [-0.25, -0.2) is 4.98 Å². The molecular formula is C17H24N4O2S. The number of imidazole rings is 1. The number of nitrogens with one attached hydrogen (secondary N) is 1. The molecule has 1 saturated heterocycles. The van der Waals surface area contributed by atoms with Gasteiger partial charge in [0.15, 0.2) is 0 Å². The summed E-state index contributed by atoms with van der Waals surface area (Å²) in [5.41, 5.74) is 0. The van der Waals surface area contributed by atoms with Gasteiger partial charge in [-0.3, -0.25) is 9.69 Å². The summed E-state index contributed by atoms with van der Waals surface area (Å²) in [5.74, 6) is 1.00. The average molecular weight is 348 g/mol. The van der Waals surface area contributed by atoms with Crippen molar-refractivity contribution in [1.29, 1.82) is 0 Å². The van der Waals surface area contributed by atoms with E-state index in [0.29, 0.717) is 26.1 Å². The zero-order valence-electron chi connectivity index (χ0n) is 13.9.